The molecule has 0 bridgehead atoms. The van der Waals surface area contributed by atoms with Crippen molar-refractivity contribution in [3.63, 3.8) is 0 Å². The standard InChI is InChI=1S/C20H17BrF3N5O3.C4H4O4/c1-2-26-8-5-28(6-8)16-11(22)3-9-15(14(16)21)29(7-10(17(9)30)20(31)32)19-13(24)4-12(23)18(25)27-19;5-3(6)1-2-4(7)8/h3-4,7-8,26H,2,5-6H2,1H3,(H2,25,27)(H,31,32);1-2H,(H,5,6)(H,7,8)/b;2-1-. The average molecular weight is 628 g/mol. The molecular formula is C24H21BrF3N5O7. The Morgan fingerprint density at radius 3 is 2.23 bits per heavy atom. The number of benzene rings is 1. The molecule has 0 aliphatic carbocycles. The van der Waals surface area contributed by atoms with E-state index >= 15 is 4.39 Å². The Kier molecular flexibility index (Phi) is 9.16. The quantitative estimate of drug-likeness (QED) is 0.242. The van der Waals surface area contributed by atoms with Crippen LogP contribution in [-0.4, -0.2) is 68.5 Å². The molecule has 1 aliphatic heterocycles. The largest absolute Gasteiger partial charge is 0.478 e. The van der Waals surface area contributed by atoms with Crippen LogP contribution in [0.3, 0.4) is 0 Å². The van der Waals surface area contributed by atoms with Gasteiger partial charge in [-0.3, -0.25) is 9.36 Å². The lowest BCUT2D eigenvalue weighted by molar-refractivity contribution is -0.134. The van der Waals surface area contributed by atoms with Gasteiger partial charge in [0.15, 0.2) is 23.3 Å². The molecule has 12 nitrogen and oxygen atoms in total. The Labute approximate surface area is 231 Å². The fourth-order valence-electron chi connectivity index (χ4n) is 3.87. The minimum atomic E-state index is -1.60. The predicted octanol–water partition coefficient (Wildman–Crippen LogP) is 2.36. The normalized spacial score (nSPS) is 13.2. The molecule has 4 rings (SSSR count). The van der Waals surface area contributed by atoms with Gasteiger partial charge in [-0.05, 0) is 28.5 Å². The zero-order valence-electron chi connectivity index (χ0n) is 20.5. The molecule has 1 aliphatic rings. The van der Waals surface area contributed by atoms with Gasteiger partial charge < -0.3 is 31.3 Å². The summed E-state index contributed by atoms with van der Waals surface area (Å²) in [4.78, 5) is 48.9. The number of nitrogens with zero attached hydrogens (tertiary/aromatic N) is 3. The Morgan fingerprint density at radius 2 is 1.70 bits per heavy atom. The molecule has 0 radical (unpaired) electrons. The van der Waals surface area contributed by atoms with E-state index in [0.717, 1.165) is 23.4 Å². The fourth-order valence-corrected chi connectivity index (χ4v) is 4.72. The molecular weight excluding hydrogens is 607 g/mol. The lowest BCUT2D eigenvalue weighted by atomic mass is 10.0. The number of halogens is 4. The van der Waals surface area contributed by atoms with Gasteiger partial charge in [-0.2, -0.15) is 0 Å². The highest BCUT2D eigenvalue weighted by Crippen LogP contribution is 2.38. The number of nitrogens with two attached hydrogens (primary N) is 1. The molecule has 0 atom stereocenters. The van der Waals surface area contributed by atoms with Crippen LogP contribution >= 0.6 is 15.9 Å². The number of hydrogen-bond acceptors (Lipinski definition) is 8. The van der Waals surface area contributed by atoms with Crippen molar-refractivity contribution in [3.05, 3.63) is 68.2 Å². The Morgan fingerprint density at radius 1 is 1.10 bits per heavy atom. The van der Waals surface area contributed by atoms with Crippen LogP contribution in [0, 0.1) is 17.5 Å². The van der Waals surface area contributed by atoms with Crippen molar-refractivity contribution >= 4 is 56.2 Å². The predicted molar refractivity (Wildman–Crippen MR) is 140 cm³/mol. The van der Waals surface area contributed by atoms with Crippen LogP contribution in [0.15, 0.2) is 39.7 Å². The summed E-state index contributed by atoms with van der Waals surface area (Å²) in [5.74, 6) is -8.28. The molecule has 6 N–H and O–H groups in total. The zero-order valence-corrected chi connectivity index (χ0v) is 22.1. The topological polar surface area (TPSA) is 188 Å². The van der Waals surface area contributed by atoms with Crippen LogP contribution in [-0.2, 0) is 9.59 Å². The summed E-state index contributed by atoms with van der Waals surface area (Å²) in [6.45, 7) is 3.67. The lowest BCUT2D eigenvalue weighted by Crippen LogP contribution is -2.58. The number of carboxylic acids is 3. The minimum Gasteiger partial charge on any atom is -0.478 e. The molecule has 0 spiro atoms. The molecule has 1 aromatic carbocycles. The first-order valence-electron chi connectivity index (χ1n) is 11.3. The molecule has 212 valence electrons. The number of nitrogens with one attached hydrogen (secondary N) is 1. The number of aromatic nitrogens is 2. The molecule has 3 heterocycles. The molecule has 2 aromatic heterocycles. The molecule has 16 heteroatoms. The van der Waals surface area contributed by atoms with E-state index in [1.807, 2.05) is 6.92 Å². The number of anilines is 2. The van der Waals surface area contributed by atoms with Crippen LogP contribution in [0.2, 0.25) is 0 Å². The van der Waals surface area contributed by atoms with Crippen molar-refractivity contribution < 1.29 is 42.9 Å². The highest BCUT2D eigenvalue weighted by molar-refractivity contribution is 9.10. The summed E-state index contributed by atoms with van der Waals surface area (Å²) < 4.78 is 44.4. The van der Waals surface area contributed by atoms with E-state index in [4.69, 9.17) is 15.9 Å². The van der Waals surface area contributed by atoms with Crippen molar-refractivity contribution in [1.82, 2.24) is 14.9 Å². The number of carboxylic acid groups (broad SMARTS) is 3. The smallest absolute Gasteiger partial charge is 0.341 e. The summed E-state index contributed by atoms with van der Waals surface area (Å²) in [6.07, 6.45) is 1.98. The van der Waals surface area contributed by atoms with Crippen molar-refractivity contribution in [2.75, 3.05) is 30.3 Å². The van der Waals surface area contributed by atoms with Crippen molar-refractivity contribution in [2.24, 2.45) is 0 Å². The van der Waals surface area contributed by atoms with Crippen LogP contribution in [0.5, 0.6) is 0 Å². The first-order chi connectivity index (χ1) is 18.8. The van der Waals surface area contributed by atoms with E-state index in [0.29, 0.717) is 31.3 Å². The zero-order chi connectivity index (χ0) is 29.9. The maximum atomic E-state index is 15.1. The van der Waals surface area contributed by atoms with Gasteiger partial charge in [0.05, 0.1) is 21.1 Å². The van der Waals surface area contributed by atoms with Crippen LogP contribution < -0.4 is 21.4 Å². The summed E-state index contributed by atoms with van der Waals surface area (Å²) >= 11 is 3.30. The van der Waals surface area contributed by atoms with Gasteiger partial charge in [0.2, 0.25) is 5.43 Å². The second-order valence-electron chi connectivity index (χ2n) is 8.29. The third-order valence-electron chi connectivity index (χ3n) is 5.61. The number of fused-ring (bicyclic) bond motifs is 1. The van der Waals surface area contributed by atoms with E-state index in [1.165, 1.54) is 0 Å². The third kappa shape index (κ3) is 6.23. The van der Waals surface area contributed by atoms with E-state index in [1.54, 1.807) is 4.90 Å². The number of aromatic carboxylic acids is 1. The summed E-state index contributed by atoms with van der Waals surface area (Å²) in [5.41, 5.74) is 3.88. The number of hydrogen-bond donors (Lipinski definition) is 5. The maximum absolute atomic E-state index is 15.1. The highest BCUT2D eigenvalue weighted by Gasteiger charge is 2.32. The molecule has 0 amide bonds. The Balaban J connectivity index is 0.000000482. The van der Waals surface area contributed by atoms with Crippen LogP contribution in [0.1, 0.15) is 17.3 Å². The third-order valence-corrected chi connectivity index (χ3v) is 6.36. The fraction of sp³-hybridized carbons (Fsp3) is 0.208. The van der Waals surface area contributed by atoms with Crippen molar-refractivity contribution in [3.8, 4) is 5.82 Å². The van der Waals surface area contributed by atoms with Gasteiger partial charge in [0.1, 0.15) is 11.4 Å². The van der Waals surface area contributed by atoms with Crippen LogP contribution in [0.25, 0.3) is 16.7 Å². The van der Waals surface area contributed by atoms with E-state index in [2.05, 4.69) is 26.2 Å². The van der Waals surface area contributed by atoms with E-state index < -0.39 is 58.0 Å². The van der Waals surface area contributed by atoms with Gasteiger partial charge in [0.25, 0.3) is 0 Å². The molecule has 0 unspecified atom stereocenters. The SMILES string of the molecule is CCNC1CN(c2c(F)cc3c(=O)c(C(=O)O)cn(-c4nc(N)c(F)cc4F)c3c2Br)C1.O=C(O)/C=C\C(=O)O. The summed E-state index contributed by atoms with van der Waals surface area (Å²) in [7, 11) is 0. The van der Waals surface area contributed by atoms with Gasteiger partial charge in [0, 0.05) is 43.5 Å². The van der Waals surface area contributed by atoms with Crippen molar-refractivity contribution in [1.29, 1.82) is 0 Å². The second kappa shape index (κ2) is 12.2. The molecule has 1 fully saturated rings. The number of rotatable bonds is 7. The highest BCUT2D eigenvalue weighted by atomic mass is 79.9. The first-order valence-corrected chi connectivity index (χ1v) is 12.1. The molecule has 1 saturated heterocycles. The lowest BCUT2D eigenvalue weighted by Gasteiger charge is -2.42. The van der Waals surface area contributed by atoms with Crippen molar-refractivity contribution in [2.45, 2.75) is 13.0 Å². The second-order valence-corrected chi connectivity index (χ2v) is 9.09. The Hall–Kier alpha value is -4.44. The Bertz CT molecular complexity index is 1590. The number of pyridine rings is 2. The van der Waals surface area contributed by atoms with Gasteiger partial charge in [-0.15, -0.1) is 0 Å². The maximum Gasteiger partial charge on any atom is 0.341 e. The molecule has 3 aromatic rings. The summed E-state index contributed by atoms with van der Waals surface area (Å²) in [6, 6.07) is 1.55. The molecule has 40 heavy (non-hydrogen) atoms. The minimum absolute atomic E-state index is 0.0271. The number of carbonyl (C=O) groups is 3. The average Bonchev–Trinajstić information content (AvgIpc) is 2.84. The van der Waals surface area contributed by atoms with Gasteiger partial charge >= 0.3 is 17.9 Å². The van der Waals surface area contributed by atoms with E-state index in [-0.39, 0.29) is 27.1 Å². The first kappa shape index (κ1) is 30.1. The van der Waals surface area contributed by atoms with Gasteiger partial charge in [-0.25, -0.2) is 32.5 Å². The number of aliphatic carboxylic acids is 2. The number of nitrogen functional groups attached to an aromatic ring is 1. The van der Waals surface area contributed by atoms with Crippen LogP contribution in [0.4, 0.5) is 24.7 Å². The van der Waals surface area contributed by atoms with Gasteiger partial charge in [-0.1, -0.05) is 6.92 Å². The van der Waals surface area contributed by atoms with E-state index in [9.17, 15) is 33.1 Å². The number of likely N-dealkylation sites (N-methyl/N-ethyl adjacent to an activating group) is 1. The molecule has 0 saturated carbocycles. The summed E-state index contributed by atoms with van der Waals surface area (Å²) in [5, 5.41) is 28.0. The monoisotopic (exact) mass is 627 g/mol.